The third-order valence-corrected chi connectivity index (χ3v) is 3.47. The van der Waals surface area contributed by atoms with Gasteiger partial charge in [0.15, 0.2) is 0 Å². The number of nitro benzene ring substituents is 1. The normalized spacial score (nSPS) is 12.1. The highest BCUT2D eigenvalue weighted by molar-refractivity contribution is 8.00. The first kappa shape index (κ1) is 12.5. The van der Waals surface area contributed by atoms with Crippen molar-refractivity contribution in [2.24, 2.45) is 5.73 Å². The highest BCUT2D eigenvalue weighted by atomic mass is 32.2. The van der Waals surface area contributed by atoms with Crippen LogP contribution in [0.3, 0.4) is 0 Å². The lowest BCUT2D eigenvalue weighted by molar-refractivity contribution is -0.387. The number of thioether (sulfide) groups is 1. The lowest BCUT2D eigenvalue weighted by atomic mass is 10.3. The predicted octanol–water partition coefficient (Wildman–Crippen LogP) is 1.95. The van der Waals surface area contributed by atoms with Gasteiger partial charge in [-0.05, 0) is 12.5 Å². The van der Waals surface area contributed by atoms with Crippen molar-refractivity contribution >= 4 is 23.4 Å². The molecule has 1 aromatic rings. The van der Waals surface area contributed by atoms with Crippen LogP contribution in [-0.2, 0) is 4.79 Å². The average molecular weight is 240 g/mol. The van der Waals surface area contributed by atoms with Gasteiger partial charge in [-0.2, -0.15) is 0 Å². The highest BCUT2D eigenvalue weighted by Gasteiger charge is 2.20. The van der Waals surface area contributed by atoms with Crippen molar-refractivity contribution in [3.63, 3.8) is 0 Å². The van der Waals surface area contributed by atoms with E-state index in [4.69, 9.17) is 5.73 Å². The summed E-state index contributed by atoms with van der Waals surface area (Å²) < 4.78 is 0. The third-order valence-electron chi connectivity index (χ3n) is 2.02. The molecule has 1 aromatic carbocycles. The number of rotatable bonds is 5. The summed E-state index contributed by atoms with van der Waals surface area (Å²) in [4.78, 5) is 21.8. The number of carbonyl (C=O) groups is 1. The second-order valence-corrected chi connectivity index (χ2v) is 4.39. The Morgan fingerprint density at radius 3 is 2.69 bits per heavy atom. The third kappa shape index (κ3) is 2.96. The lowest BCUT2D eigenvalue weighted by Gasteiger charge is -2.09. The van der Waals surface area contributed by atoms with E-state index in [9.17, 15) is 14.9 Å². The quantitative estimate of drug-likeness (QED) is 0.484. The van der Waals surface area contributed by atoms with Gasteiger partial charge in [-0.15, -0.1) is 11.8 Å². The van der Waals surface area contributed by atoms with E-state index >= 15 is 0 Å². The second kappa shape index (κ2) is 5.50. The number of primary amides is 1. The number of benzene rings is 1. The number of para-hydroxylation sites is 1. The van der Waals surface area contributed by atoms with E-state index in [1.165, 1.54) is 6.07 Å². The number of nitrogens with zero attached hydrogens (tertiary/aromatic N) is 1. The molecule has 5 nitrogen and oxygen atoms in total. The molecule has 0 saturated heterocycles. The smallest absolute Gasteiger partial charge is 0.282 e. The zero-order valence-electron chi connectivity index (χ0n) is 8.75. The molecular formula is C10H12N2O3S. The van der Waals surface area contributed by atoms with Crippen LogP contribution in [0.25, 0.3) is 0 Å². The molecule has 0 aliphatic rings. The first-order valence-corrected chi connectivity index (χ1v) is 5.63. The molecule has 0 saturated carbocycles. The number of hydrogen-bond acceptors (Lipinski definition) is 4. The Bertz CT molecular complexity index is 409. The van der Waals surface area contributed by atoms with Crippen LogP contribution in [0.15, 0.2) is 29.2 Å². The fourth-order valence-corrected chi connectivity index (χ4v) is 2.21. The molecule has 0 aromatic heterocycles. The SMILES string of the molecule is CCC(Sc1ccccc1[N+](=O)[O-])C(N)=O. The summed E-state index contributed by atoms with van der Waals surface area (Å²) >= 11 is 1.14. The molecule has 86 valence electrons. The standard InChI is InChI=1S/C10H12N2O3S/c1-2-8(10(11)13)16-9-6-4-3-5-7(9)12(14)15/h3-6,8H,2H2,1H3,(H2,11,13). The fraction of sp³-hybridized carbons (Fsp3) is 0.300. The van der Waals surface area contributed by atoms with Crippen LogP contribution in [0.4, 0.5) is 5.69 Å². The maximum absolute atomic E-state index is 11.0. The van der Waals surface area contributed by atoms with Crippen LogP contribution >= 0.6 is 11.8 Å². The minimum atomic E-state index is -0.462. The highest BCUT2D eigenvalue weighted by Crippen LogP contribution is 2.32. The van der Waals surface area contributed by atoms with E-state index < -0.39 is 16.1 Å². The van der Waals surface area contributed by atoms with Crippen LogP contribution in [0, 0.1) is 10.1 Å². The van der Waals surface area contributed by atoms with E-state index in [2.05, 4.69) is 0 Å². The molecule has 16 heavy (non-hydrogen) atoms. The van der Waals surface area contributed by atoms with Crippen LogP contribution in [0.5, 0.6) is 0 Å². The van der Waals surface area contributed by atoms with Gasteiger partial charge < -0.3 is 5.73 Å². The van der Waals surface area contributed by atoms with Crippen molar-refractivity contribution < 1.29 is 9.72 Å². The Balaban J connectivity index is 2.95. The lowest BCUT2D eigenvalue weighted by Crippen LogP contribution is -2.24. The van der Waals surface area contributed by atoms with E-state index in [0.29, 0.717) is 11.3 Å². The van der Waals surface area contributed by atoms with Crippen LogP contribution < -0.4 is 5.73 Å². The van der Waals surface area contributed by atoms with Gasteiger partial charge in [-0.1, -0.05) is 19.1 Å². The number of nitro groups is 1. The molecule has 6 heteroatoms. The monoisotopic (exact) mass is 240 g/mol. The van der Waals surface area contributed by atoms with Gasteiger partial charge in [0.05, 0.1) is 15.1 Å². The van der Waals surface area contributed by atoms with E-state index in [0.717, 1.165) is 11.8 Å². The maximum atomic E-state index is 11.0. The summed E-state index contributed by atoms with van der Waals surface area (Å²) in [5, 5.41) is 10.3. The summed E-state index contributed by atoms with van der Waals surface area (Å²) in [6, 6.07) is 6.32. The Labute approximate surface area is 97.2 Å². The van der Waals surface area contributed by atoms with Crippen LogP contribution in [-0.4, -0.2) is 16.1 Å². The van der Waals surface area contributed by atoms with Gasteiger partial charge in [0.1, 0.15) is 0 Å². The molecular weight excluding hydrogens is 228 g/mol. The summed E-state index contributed by atoms with van der Waals surface area (Å²) in [6.45, 7) is 1.82. The number of amides is 1. The van der Waals surface area contributed by atoms with Gasteiger partial charge >= 0.3 is 0 Å². The predicted molar refractivity (Wildman–Crippen MR) is 62.2 cm³/mol. The van der Waals surface area contributed by atoms with Crippen molar-refractivity contribution in [2.75, 3.05) is 0 Å². The van der Waals surface area contributed by atoms with Crippen molar-refractivity contribution in [3.8, 4) is 0 Å². The summed E-state index contributed by atoms with van der Waals surface area (Å²) in [6.07, 6.45) is 0.548. The number of hydrogen-bond donors (Lipinski definition) is 1. The first-order chi connectivity index (χ1) is 7.56. The molecule has 2 N–H and O–H groups in total. The molecule has 1 atom stereocenters. The van der Waals surface area contributed by atoms with Gasteiger partial charge in [-0.25, -0.2) is 0 Å². The van der Waals surface area contributed by atoms with Crippen molar-refractivity contribution in [3.05, 3.63) is 34.4 Å². The average Bonchev–Trinajstić information content (AvgIpc) is 2.25. The van der Waals surface area contributed by atoms with Gasteiger partial charge in [0.25, 0.3) is 5.69 Å². The molecule has 0 fully saturated rings. The van der Waals surface area contributed by atoms with Gasteiger partial charge in [-0.3, -0.25) is 14.9 Å². The molecule has 0 aliphatic heterocycles. The van der Waals surface area contributed by atoms with E-state index in [1.54, 1.807) is 18.2 Å². The summed E-state index contributed by atoms with van der Waals surface area (Å²) in [7, 11) is 0. The van der Waals surface area contributed by atoms with Crippen LogP contribution in [0.1, 0.15) is 13.3 Å². The molecule has 1 amide bonds. The Morgan fingerprint density at radius 2 is 2.19 bits per heavy atom. The van der Waals surface area contributed by atoms with E-state index in [-0.39, 0.29) is 5.69 Å². The largest absolute Gasteiger partial charge is 0.369 e. The zero-order valence-corrected chi connectivity index (χ0v) is 9.57. The second-order valence-electron chi connectivity index (χ2n) is 3.14. The topological polar surface area (TPSA) is 86.2 Å². The molecule has 0 aliphatic carbocycles. The minimum Gasteiger partial charge on any atom is -0.369 e. The molecule has 0 bridgehead atoms. The zero-order chi connectivity index (χ0) is 12.1. The van der Waals surface area contributed by atoms with Crippen molar-refractivity contribution in [2.45, 2.75) is 23.5 Å². The Kier molecular flexibility index (Phi) is 4.30. The van der Waals surface area contributed by atoms with E-state index in [1.807, 2.05) is 6.92 Å². The van der Waals surface area contributed by atoms with Gasteiger partial charge in [0, 0.05) is 6.07 Å². The first-order valence-electron chi connectivity index (χ1n) is 4.75. The molecule has 0 spiro atoms. The molecule has 1 unspecified atom stereocenters. The minimum absolute atomic E-state index is 0.00667. The summed E-state index contributed by atoms with van der Waals surface area (Å²) in [5.74, 6) is -0.453. The maximum Gasteiger partial charge on any atom is 0.282 e. The molecule has 0 heterocycles. The van der Waals surface area contributed by atoms with Gasteiger partial charge in [0.2, 0.25) is 5.91 Å². The Hall–Kier alpha value is -1.56. The van der Waals surface area contributed by atoms with Crippen molar-refractivity contribution in [1.29, 1.82) is 0 Å². The summed E-state index contributed by atoms with van der Waals surface area (Å²) in [5.41, 5.74) is 5.20. The number of carbonyl (C=O) groups excluding carboxylic acids is 1. The van der Waals surface area contributed by atoms with Crippen LogP contribution in [0.2, 0.25) is 0 Å². The molecule has 1 rings (SSSR count). The number of nitrogens with two attached hydrogens (primary N) is 1. The van der Waals surface area contributed by atoms with Crippen molar-refractivity contribution in [1.82, 2.24) is 0 Å². The fourth-order valence-electron chi connectivity index (χ4n) is 1.20. The Morgan fingerprint density at radius 1 is 1.56 bits per heavy atom. The molecule has 0 radical (unpaired) electrons.